The van der Waals surface area contributed by atoms with E-state index in [1.54, 1.807) is 36.4 Å². The first-order chi connectivity index (χ1) is 19.6. The first-order valence-corrected chi connectivity index (χ1v) is 12.7. The molecule has 1 atom stereocenters. The molecule has 7 rings (SSSR count). The Morgan fingerprint density at radius 3 is 2.17 bits per heavy atom. The maximum Gasteiger partial charge on any atom is 0.417 e. The number of nitrogens with zero attached hydrogens (tertiary/aromatic N) is 3. The first-order valence-electron chi connectivity index (χ1n) is 12.7. The third-order valence-electron chi connectivity index (χ3n) is 7.44. The number of hydrogen-bond donors (Lipinski definition) is 1. The lowest BCUT2D eigenvalue weighted by atomic mass is 9.98. The smallest absolute Gasteiger partial charge is 0.339 e. The Bertz CT molecular complexity index is 2030. The molecule has 2 aliphatic carbocycles. The van der Waals surface area contributed by atoms with Crippen LogP contribution in [0, 0.1) is 16.4 Å². The molecule has 0 amide bonds. The molecule has 0 saturated heterocycles. The van der Waals surface area contributed by atoms with Gasteiger partial charge in [-0.3, -0.25) is 0 Å². The Kier molecular flexibility index (Phi) is 5.47. The van der Waals surface area contributed by atoms with Crippen LogP contribution < -0.4 is 15.8 Å². The van der Waals surface area contributed by atoms with Gasteiger partial charge < -0.3 is 5.32 Å². The van der Waals surface area contributed by atoms with E-state index in [0.717, 1.165) is 17.7 Å². The lowest BCUT2D eigenvalue weighted by Crippen LogP contribution is -2.25. The normalized spacial score (nSPS) is 21.1. The number of alkyl halides is 6. The van der Waals surface area contributed by atoms with Gasteiger partial charge in [0.15, 0.2) is 5.82 Å². The molecular weight excluding hydrogens is 542 g/mol. The molecule has 41 heavy (non-hydrogen) atoms. The number of para-hydroxylation sites is 1. The van der Waals surface area contributed by atoms with Crippen LogP contribution in [0.5, 0.6) is 0 Å². The third kappa shape index (κ3) is 4.30. The summed E-state index contributed by atoms with van der Waals surface area (Å²) in [5, 5.41) is 2.80. The highest BCUT2D eigenvalue weighted by Gasteiger charge is 2.36. The Labute approximate surface area is 228 Å². The van der Waals surface area contributed by atoms with Crippen molar-refractivity contribution in [3.05, 3.63) is 122 Å². The Hall–Kier alpha value is -4.73. The van der Waals surface area contributed by atoms with Crippen LogP contribution in [0.1, 0.15) is 27.8 Å². The lowest BCUT2D eigenvalue weighted by molar-refractivity contribution is -0.139. The number of anilines is 1. The van der Waals surface area contributed by atoms with E-state index in [1.165, 1.54) is 24.6 Å². The van der Waals surface area contributed by atoms with Crippen LogP contribution in [-0.4, -0.2) is 18.1 Å². The van der Waals surface area contributed by atoms with E-state index in [4.69, 9.17) is 0 Å². The van der Waals surface area contributed by atoms with Crippen LogP contribution >= 0.6 is 0 Å². The molecule has 0 radical (unpaired) electrons. The van der Waals surface area contributed by atoms with E-state index >= 15 is 0 Å². The van der Waals surface area contributed by atoms with Crippen molar-refractivity contribution < 1.29 is 26.3 Å². The van der Waals surface area contributed by atoms with Gasteiger partial charge in [0.2, 0.25) is 0 Å². The summed E-state index contributed by atoms with van der Waals surface area (Å²) in [4.78, 5) is 12.8. The molecular formula is C31H18F6N4. The summed E-state index contributed by atoms with van der Waals surface area (Å²) in [7, 11) is 0. The minimum atomic E-state index is -4.79. The van der Waals surface area contributed by atoms with Crippen molar-refractivity contribution in [3.63, 3.8) is 0 Å². The number of rotatable bonds is 0. The fourth-order valence-electron chi connectivity index (χ4n) is 5.51. The molecule has 0 fully saturated rings. The highest BCUT2D eigenvalue weighted by Crippen LogP contribution is 2.33. The molecule has 0 bridgehead atoms. The maximum absolute atomic E-state index is 14.3. The van der Waals surface area contributed by atoms with Crippen molar-refractivity contribution in [2.24, 2.45) is 20.9 Å². The zero-order chi connectivity index (χ0) is 28.5. The molecule has 3 aromatic rings. The van der Waals surface area contributed by atoms with Gasteiger partial charge >= 0.3 is 12.4 Å². The van der Waals surface area contributed by atoms with Gasteiger partial charge in [0.05, 0.1) is 22.8 Å². The summed E-state index contributed by atoms with van der Waals surface area (Å²) < 4.78 is 86.0. The standard InChI is InChI=1S/C31H18F6N4/c32-30(33,34)24-12-20-18(10-22(24)28-38-14-16-5-1-3-7-26(16)40-28)9-19-11-23(25(13-21(19)20)31(35,36)37)29-39-15-17-6-2-4-8-27(17)41-29/h1-8,10-16,41H,9H2. The Morgan fingerprint density at radius 1 is 0.756 bits per heavy atom. The molecule has 1 unspecified atom stereocenters. The fourth-order valence-corrected chi connectivity index (χ4v) is 5.51. The fraction of sp³-hybridized carbons (Fsp3) is 0.129. The summed E-state index contributed by atoms with van der Waals surface area (Å²) in [5.74, 6) is -0.302. The van der Waals surface area contributed by atoms with Crippen LogP contribution in [0.2, 0.25) is 0 Å². The number of fused-ring (bicyclic) bond motifs is 4. The minimum Gasteiger partial charge on any atom is -0.339 e. The highest BCUT2D eigenvalue weighted by molar-refractivity contribution is 6.12. The Balaban J connectivity index is 1.49. The van der Waals surface area contributed by atoms with Gasteiger partial charge in [-0.1, -0.05) is 36.4 Å². The molecule has 3 aromatic carbocycles. The van der Waals surface area contributed by atoms with Crippen LogP contribution in [0.4, 0.5) is 32.0 Å². The van der Waals surface area contributed by atoms with E-state index in [1.807, 2.05) is 12.2 Å². The number of aliphatic imine (C=N–C) groups is 3. The van der Waals surface area contributed by atoms with Crippen molar-refractivity contribution >= 4 is 35.5 Å². The van der Waals surface area contributed by atoms with Gasteiger partial charge in [-0.2, -0.15) is 26.3 Å². The van der Waals surface area contributed by atoms with E-state index < -0.39 is 23.5 Å². The monoisotopic (exact) mass is 560 g/mol. The van der Waals surface area contributed by atoms with Crippen molar-refractivity contribution in [2.75, 3.05) is 5.32 Å². The van der Waals surface area contributed by atoms with Crippen molar-refractivity contribution in [1.82, 2.24) is 0 Å². The summed E-state index contributed by atoms with van der Waals surface area (Å²) in [5.41, 5.74) is 0.841. The summed E-state index contributed by atoms with van der Waals surface area (Å²) in [6.45, 7) is 0. The largest absolute Gasteiger partial charge is 0.417 e. The summed E-state index contributed by atoms with van der Waals surface area (Å²) >= 11 is 0. The lowest BCUT2D eigenvalue weighted by Gasteiger charge is -2.17. The van der Waals surface area contributed by atoms with Gasteiger partial charge in [0, 0.05) is 34.1 Å². The summed E-state index contributed by atoms with van der Waals surface area (Å²) in [6.07, 6.45) is 0.703. The van der Waals surface area contributed by atoms with Crippen molar-refractivity contribution in [3.8, 4) is 0 Å². The topological polar surface area (TPSA) is 49.1 Å². The molecule has 0 spiro atoms. The highest BCUT2D eigenvalue weighted by atomic mass is 19.4. The molecule has 204 valence electrons. The molecule has 10 heteroatoms. The van der Waals surface area contributed by atoms with Crippen molar-refractivity contribution in [1.29, 1.82) is 0 Å². The second kappa shape index (κ2) is 8.89. The SMILES string of the molecule is FC(F)(F)c1cc2c(cc1=C1N=CC3C=CC=CC3=N1)Cc1cc(=C3N=Cc4ccccc4N3)c(C(F)(F)F)cc1=2. The second-order valence-corrected chi connectivity index (χ2v) is 10.0. The van der Waals surface area contributed by atoms with Gasteiger partial charge in [-0.25, -0.2) is 15.0 Å². The van der Waals surface area contributed by atoms with Crippen LogP contribution in [0.25, 0.3) is 11.6 Å². The zero-order valence-electron chi connectivity index (χ0n) is 21.0. The van der Waals surface area contributed by atoms with Crippen molar-refractivity contribution in [2.45, 2.75) is 18.8 Å². The van der Waals surface area contributed by atoms with Gasteiger partial charge in [-0.15, -0.1) is 0 Å². The quantitative estimate of drug-likeness (QED) is 0.269. The van der Waals surface area contributed by atoms with E-state index in [-0.39, 0.29) is 44.9 Å². The van der Waals surface area contributed by atoms with Gasteiger partial charge in [0.25, 0.3) is 0 Å². The zero-order valence-corrected chi connectivity index (χ0v) is 21.0. The molecule has 0 aromatic heterocycles. The molecule has 2 aliphatic heterocycles. The van der Waals surface area contributed by atoms with E-state index in [0.29, 0.717) is 22.5 Å². The van der Waals surface area contributed by atoms with Crippen LogP contribution in [-0.2, 0) is 18.8 Å². The van der Waals surface area contributed by atoms with E-state index in [2.05, 4.69) is 20.3 Å². The number of hydrogen-bond acceptors (Lipinski definition) is 4. The number of benzene rings is 3. The molecule has 2 heterocycles. The average Bonchev–Trinajstić information content (AvgIpc) is 3.31. The number of nitrogens with one attached hydrogen (secondary N) is 1. The first kappa shape index (κ1) is 25.3. The maximum atomic E-state index is 14.3. The Morgan fingerprint density at radius 2 is 1.44 bits per heavy atom. The van der Waals surface area contributed by atoms with Gasteiger partial charge in [0.1, 0.15) is 5.82 Å². The van der Waals surface area contributed by atoms with Gasteiger partial charge in [-0.05, 0) is 64.4 Å². The average molecular weight is 561 g/mol. The molecule has 1 N–H and O–H groups in total. The number of allylic oxidation sites excluding steroid dienone is 4. The van der Waals surface area contributed by atoms with E-state index in [9.17, 15) is 26.3 Å². The summed E-state index contributed by atoms with van der Waals surface area (Å²) in [6, 6.07) is 11.6. The minimum absolute atomic E-state index is 0.0125. The predicted molar refractivity (Wildman–Crippen MR) is 145 cm³/mol. The number of halogens is 6. The molecule has 0 saturated carbocycles. The third-order valence-corrected chi connectivity index (χ3v) is 7.44. The van der Waals surface area contributed by atoms with Crippen LogP contribution in [0.15, 0.2) is 87.8 Å². The molecule has 4 nitrogen and oxygen atoms in total. The molecule has 4 aliphatic rings. The second-order valence-electron chi connectivity index (χ2n) is 10.0. The van der Waals surface area contributed by atoms with Crippen LogP contribution in [0.3, 0.4) is 0 Å². The predicted octanol–water partition coefficient (Wildman–Crippen LogP) is 5.86.